The zero-order valence-corrected chi connectivity index (χ0v) is 10.6. The van der Waals surface area contributed by atoms with Gasteiger partial charge < -0.3 is 25.8 Å². The molecule has 5 N–H and O–H groups in total. The summed E-state index contributed by atoms with van der Waals surface area (Å²) in [5, 5.41) is 26.5. The van der Waals surface area contributed by atoms with E-state index in [1.165, 1.54) is 6.20 Å². The van der Waals surface area contributed by atoms with E-state index in [1.807, 2.05) is 0 Å². The number of halogens is 1. The zero-order chi connectivity index (χ0) is 14.4. The molecule has 1 aromatic rings. The molecule has 0 bridgehead atoms. The lowest BCUT2D eigenvalue weighted by atomic mass is 10.2. The van der Waals surface area contributed by atoms with Crippen LogP contribution in [0.5, 0.6) is 0 Å². The third-order valence-electron chi connectivity index (χ3n) is 2.43. The van der Waals surface area contributed by atoms with Crippen LogP contribution in [0.25, 0.3) is 0 Å². The summed E-state index contributed by atoms with van der Waals surface area (Å²) >= 11 is 5.39. The van der Waals surface area contributed by atoms with Gasteiger partial charge in [-0.05, 0) is 12.1 Å². The first-order valence-electron chi connectivity index (χ1n) is 5.43. The summed E-state index contributed by atoms with van der Waals surface area (Å²) in [6.07, 6.45) is 0.0956. The predicted molar refractivity (Wildman–Crippen MR) is 66.4 cm³/mol. The van der Waals surface area contributed by atoms with Crippen molar-refractivity contribution in [2.75, 3.05) is 6.61 Å². The van der Waals surface area contributed by atoms with Gasteiger partial charge >= 0.3 is 0 Å². The first kappa shape index (κ1) is 15.8. The predicted octanol–water partition coefficient (Wildman–Crippen LogP) is -1.16. The van der Waals surface area contributed by atoms with Crippen molar-refractivity contribution in [1.82, 2.24) is 4.98 Å². The highest BCUT2D eigenvalue weighted by molar-refractivity contribution is 6.20. The van der Waals surface area contributed by atoms with Gasteiger partial charge in [-0.3, -0.25) is 9.78 Å². The number of alkyl halides is 1. The third kappa shape index (κ3) is 4.41. The third-order valence-corrected chi connectivity index (χ3v) is 2.79. The Labute approximate surface area is 114 Å². The number of aromatic nitrogens is 1. The summed E-state index contributed by atoms with van der Waals surface area (Å²) < 4.78 is 4.75. The van der Waals surface area contributed by atoms with Crippen molar-refractivity contribution in [2.45, 2.75) is 23.9 Å². The van der Waals surface area contributed by atoms with Gasteiger partial charge in [-0.2, -0.15) is 0 Å². The van der Waals surface area contributed by atoms with Crippen LogP contribution >= 0.6 is 11.6 Å². The molecule has 0 aromatic carbocycles. The molecule has 1 unspecified atom stereocenters. The molecule has 19 heavy (non-hydrogen) atoms. The van der Waals surface area contributed by atoms with Gasteiger partial charge in [0.25, 0.3) is 0 Å². The molecule has 1 aliphatic heterocycles. The van der Waals surface area contributed by atoms with Crippen LogP contribution in [0.15, 0.2) is 24.5 Å². The van der Waals surface area contributed by atoms with Gasteiger partial charge in [-0.15, -0.1) is 0 Å². The van der Waals surface area contributed by atoms with Crippen molar-refractivity contribution >= 4 is 17.5 Å². The lowest BCUT2D eigenvalue weighted by Crippen LogP contribution is -2.32. The molecule has 0 saturated carbocycles. The molecule has 0 spiro atoms. The van der Waals surface area contributed by atoms with Crippen molar-refractivity contribution in [3.05, 3.63) is 30.1 Å². The van der Waals surface area contributed by atoms with Gasteiger partial charge in [-0.25, -0.2) is 0 Å². The highest BCUT2D eigenvalue weighted by Crippen LogP contribution is 2.23. The van der Waals surface area contributed by atoms with E-state index in [-0.39, 0.29) is 6.61 Å². The smallest absolute Gasteiger partial charge is 0.250 e. The monoisotopic (exact) mass is 290 g/mol. The Morgan fingerprint density at radius 1 is 1.47 bits per heavy atom. The van der Waals surface area contributed by atoms with E-state index in [4.69, 9.17) is 37.4 Å². The molecule has 1 aliphatic rings. The Morgan fingerprint density at radius 3 is 2.42 bits per heavy atom. The van der Waals surface area contributed by atoms with Crippen LogP contribution in [0.1, 0.15) is 10.4 Å². The highest BCUT2D eigenvalue weighted by atomic mass is 35.5. The summed E-state index contributed by atoms with van der Waals surface area (Å²) in [6.45, 7) is -0.332. The minimum atomic E-state index is -1.10. The van der Waals surface area contributed by atoms with Crippen molar-refractivity contribution in [2.24, 2.45) is 5.73 Å². The Balaban J connectivity index is 0.000000191. The van der Waals surface area contributed by atoms with E-state index in [0.29, 0.717) is 5.56 Å². The number of carbonyl (C=O) groups is 1. The van der Waals surface area contributed by atoms with Crippen molar-refractivity contribution in [3.63, 3.8) is 0 Å². The summed E-state index contributed by atoms with van der Waals surface area (Å²) in [7, 11) is 0. The average Bonchev–Trinajstić information content (AvgIpc) is 2.67. The molecule has 4 atom stereocenters. The number of hydrogen-bond acceptors (Lipinski definition) is 6. The van der Waals surface area contributed by atoms with Crippen LogP contribution in [0.2, 0.25) is 0 Å². The number of rotatable bonds is 2. The first-order valence-corrected chi connectivity index (χ1v) is 5.87. The maximum absolute atomic E-state index is 10.4. The van der Waals surface area contributed by atoms with Crippen LogP contribution in [-0.4, -0.2) is 56.7 Å². The number of hydrogen-bond donors (Lipinski definition) is 4. The number of carbonyl (C=O) groups excluding carboxylic acids is 1. The minimum Gasteiger partial charge on any atom is -0.394 e. The molecule has 2 rings (SSSR count). The number of pyridine rings is 1. The highest BCUT2D eigenvalue weighted by Gasteiger charge is 2.40. The van der Waals surface area contributed by atoms with Gasteiger partial charge in [0.05, 0.1) is 12.2 Å². The lowest BCUT2D eigenvalue weighted by Gasteiger charge is -2.09. The van der Waals surface area contributed by atoms with Crippen LogP contribution in [0.4, 0.5) is 0 Å². The fourth-order valence-electron chi connectivity index (χ4n) is 1.36. The maximum atomic E-state index is 10.4. The molecule has 8 heteroatoms. The molecular formula is C11H15ClN2O5. The summed E-state index contributed by atoms with van der Waals surface area (Å²) in [4.78, 5) is 14.1. The van der Waals surface area contributed by atoms with Crippen molar-refractivity contribution in [1.29, 1.82) is 0 Å². The number of amides is 1. The second-order valence-corrected chi connectivity index (χ2v) is 4.23. The SMILES string of the molecule is NC(=O)c1cccnc1.OC[C@H]1OC(Cl)[C@H](O)[C@@H]1O. The molecule has 7 nitrogen and oxygen atoms in total. The largest absolute Gasteiger partial charge is 0.394 e. The molecule has 0 radical (unpaired) electrons. The molecule has 106 valence electrons. The fourth-order valence-corrected chi connectivity index (χ4v) is 1.64. The normalized spacial score (nSPS) is 29.5. The summed E-state index contributed by atoms with van der Waals surface area (Å²) in [5.41, 5.74) is 4.47. The number of aliphatic hydroxyl groups is 3. The van der Waals surface area contributed by atoms with Gasteiger partial charge in [-0.1, -0.05) is 11.6 Å². The summed E-state index contributed by atoms with van der Waals surface area (Å²) in [5.74, 6) is -0.442. The Bertz CT molecular complexity index is 405. The standard InChI is InChI=1S/C6H6N2O.C5H9ClO4/c7-6(9)5-2-1-3-8-4-5;6-5-4(9)3(8)2(1-7)10-5/h1-4H,(H2,7,9);2-5,7-9H,1H2/t;2-,3-,4-,5?/m.1/s1. The Morgan fingerprint density at radius 2 is 2.16 bits per heavy atom. The van der Waals surface area contributed by atoms with Gasteiger partial charge in [0, 0.05) is 12.4 Å². The van der Waals surface area contributed by atoms with Crippen LogP contribution in [0.3, 0.4) is 0 Å². The van der Waals surface area contributed by atoms with Gasteiger partial charge in [0.15, 0.2) is 5.56 Å². The molecular weight excluding hydrogens is 276 g/mol. The van der Waals surface area contributed by atoms with Gasteiger partial charge in [0.1, 0.15) is 18.3 Å². The molecule has 0 aliphatic carbocycles. The average molecular weight is 291 g/mol. The molecule has 1 saturated heterocycles. The first-order chi connectivity index (χ1) is 8.97. The lowest BCUT2D eigenvalue weighted by molar-refractivity contribution is -0.00869. The van der Waals surface area contributed by atoms with Crippen LogP contribution in [0, 0.1) is 0 Å². The van der Waals surface area contributed by atoms with E-state index < -0.39 is 29.8 Å². The molecule has 1 aromatic heterocycles. The van der Waals surface area contributed by atoms with Gasteiger partial charge in [0.2, 0.25) is 5.91 Å². The quantitative estimate of drug-likeness (QED) is 0.509. The topological polar surface area (TPSA) is 126 Å². The van der Waals surface area contributed by atoms with Crippen molar-refractivity contribution < 1.29 is 24.9 Å². The number of ether oxygens (including phenoxy) is 1. The number of nitrogens with two attached hydrogens (primary N) is 1. The molecule has 1 fully saturated rings. The molecule has 2 heterocycles. The molecule has 1 amide bonds. The number of primary amides is 1. The Kier molecular flexibility index (Phi) is 6.13. The van der Waals surface area contributed by atoms with E-state index in [9.17, 15) is 4.79 Å². The minimum absolute atomic E-state index is 0.332. The van der Waals surface area contributed by atoms with E-state index >= 15 is 0 Å². The van der Waals surface area contributed by atoms with E-state index in [0.717, 1.165) is 0 Å². The van der Waals surface area contributed by atoms with Crippen LogP contribution < -0.4 is 5.73 Å². The zero-order valence-electron chi connectivity index (χ0n) is 9.89. The second kappa shape index (κ2) is 7.37. The fraction of sp³-hybridized carbons (Fsp3) is 0.455. The maximum Gasteiger partial charge on any atom is 0.250 e. The van der Waals surface area contributed by atoms with E-state index in [2.05, 4.69) is 4.98 Å². The van der Waals surface area contributed by atoms with Crippen molar-refractivity contribution in [3.8, 4) is 0 Å². The summed E-state index contributed by atoms with van der Waals surface area (Å²) in [6, 6.07) is 3.29. The Hall–Kier alpha value is -1.25. The number of nitrogens with zero attached hydrogens (tertiary/aromatic N) is 1. The second-order valence-electron chi connectivity index (χ2n) is 3.80. The van der Waals surface area contributed by atoms with Crippen LogP contribution in [-0.2, 0) is 4.74 Å². The van der Waals surface area contributed by atoms with E-state index in [1.54, 1.807) is 18.3 Å². The number of aliphatic hydroxyl groups excluding tert-OH is 3.